The van der Waals surface area contributed by atoms with Gasteiger partial charge in [0.05, 0.1) is 5.92 Å². The van der Waals surface area contributed by atoms with Gasteiger partial charge in [-0.2, -0.15) is 5.26 Å². The van der Waals surface area contributed by atoms with Crippen LogP contribution in [0.25, 0.3) is 10.8 Å². The van der Waals surface area contributed by atoms with E-state index in [1.54, 1.807) is 0 Å². The van der Waals surface area contributed by atoms with Crippen molar-refractivity contribution in [1.82, 2.24) is 10.2 Å². The zero-order chi connectivity index (χ0) is 21.4. The lowest BCUT2D eigenvalue weighted by Gasteiger charge is -2.25. The van der Waals surface area contributed by atoms with Gasteiger partial charge in [0.25, 0.3) is 0 Å². The average molecular weight is 408 g/mol. The van der Waals surface area contributed by atoms with E-state index in [4.69, 9.17) is 15.2 Å². The number of hydrogen-bond acceptors (Lipinski definition) is 5. The zero-order valence-electron chi connectivity index (χ0n) is 16.9. The molecule has 0 unspecified atom stereocenters. The van der Waals surface area contributed by atoms with Crippen LogP contribution >= 0.6 is 0 Å². The number of aromatic amines is 1. The summed E-state index contributed by atoms with van der Waals surface area (Å²) in [6, 6.07) is 24.4. The van der Waals surface area contributed by atoms with Gasteiger partial charge in [0.15, 0.2) is 0 Å². The van der Waals surface area contributed by atoms with Gasteiger partial charge >= 0.3 is 0 Å². The first kappa shape index (κ1) is 18.8. The number of hydrogen-bond donors (Lipinski definition) is 2. The fourth-order valence-corrected chi connectivity index (χ4v) is 4.13. The molecule has 0 saturated heterocycles. The molecular weight excluding hydrogens is 388 g/mol. The van der Waals surface area contributed by atoms with Crippen LogP contribution in [0.2, 0.25) is 0 Å². The predicted octanol–water partition coefficient (Wildman–Crippen LogP) is 4.67. The number of allylic oxidation sites excluding steroid dienone is 1. The fraction of sp³-hybridized carbons (Fsp3) is 0.120. The van der Waals surface area contributed by atoms with E-state index in [0.29, 0.717) is 23.8 Å². The summed E-state index contributed by atoms with van der Waals surface area (Å²) in [6.45, 7) is 2.30. The number of nitrogens with one attached hydrogen (secondary N) is 1. The maximum absolute atomic E-state index is 9.83. The summed E-state index contributed by atoms with van der Waals surface area (Å²) in [5.41, 5.74) is 9.96. The molecule has 5 rings (SSSR count). The van der Waals surface area contributed by atoms with Crippen molar-refractivity contribution in [1.29, 1.82) is 5.26 Å². The van der Waals surface area contributed by atoms with Gasteiger partial charge in [-0.1, -0.05) is 60.7 Å². The number of benzene rings is 3. The van der Waals surface area contributed by atoms with Crippen LogP contribution in [-0.4, -0.2) is 10.2 Å². The van der Waals surface area contributed by atoms with Crippen LogP contribution in [0.15, 0.2) is 78.2 Å². The first-order valence-corrected chi connectivity index (χ1v) is 9.98. The fourth-order valence-electron chi connectivity index (χ4n) is 4.13. The molecule has 1 atom stereocenters. The molecule has 1 aliphatic rings. The monoisotopic (exact) mass is 408 g/mol. The highest BCUT2D eigenvalue weighted by atomic mass is 16.5. The number of ether oxygens (including phenoxy) is 2. The lowest BCUT2D eigenvalue weighted by atomic mass is 9.83. The number of nitrogens with zero attached hydrogens (tertiary/aromatic N) is 2. The van der Waals surface area contributed by atoms with Crippen LogP contribution in [0.4, 0.5) is 0 Å². The van der Waals surface area contributed by atoms with Crippen molar-refractivity contribution in [3.8, 4) is 17.7 Å². The van der Waals surface area contributed by atoms with Crippen molar-refractivity contribution in [2.24, 2.45) is 5.73 Å². The number of para-hydroxylation sites is 1. The van der Waals surface area contributed by atoms with Crippen molar-refractivity contribution in [2.45, 2.75) is 19.4 Å². The summed E-state index contributed by atoms with van der Waals surface area (Å²) in [5.74, 6) is 0.726. The average Bonchev–Trinajstić information content (AvgIpc) is 3.17. The molecule has 152 valence electrons. The second-order valence-corrected chi connectivity index (χ2v) is 7.46. The molecule has 1 aromatic heterocycles. The summed E-state index contributed by atoms with van der Waals surface area (Å²) < 4.78 is 11.9. The molecule has 31 heavy (non-hydrogen) atoms. The SMILES string of the molecule is Cc1[nH]nc2c1[C@H](c1ccccc1OCc1cccc3ccccc13)C(C#N)=C(N)O2. The number of rotatable bonds is 4. The molecule has 2 heterocycles. The van der Waals surface area contributed by atoms with E-state index in [0.717, 1.165) is 27.8 Å². The maximum Gasteiger partial charge on any atom is 0.244 e. The Labute approximate surface area is 179 Å². The van der Waals surface area contributed by atoms with Gasteiger partial charge in [-0.3, -0.25) is 5.10 Å². The Kier molecular flexibility index (Phi) is 4.57. The Morgan fingerprint density at radius 1 is 1.10 bits per heavy atom. The summed E-state index contributed by atoms with van der Waals surface area (Å²) in [6.07, 6.45) is 0. The van der Waals surface area contributed by atoms with Crippen LogP contribution in [0.5, 0.6) is 11.6 Å². The van der Waals surface area contributed by atoms with Crippen molar-refractivity contribution < 1.29 is 9.47 Å². The second-order valence-electron chi connectivity index (χ2n) is 7.46. The maximum atomic E-state index is 9.83. The summed E-state index contributed by atoms with van der Waals surface area (Å²) in [4.78, 5) is 0. The van der Waals surface area contributed by atoms with Crippen molar-refractivity contribution in [2.75, 3.05) is 0 Å². The normalized spacial score (nSPS) is 15.3. The highest BCUT2D eigenvalue weighted by molar-refractivity contribution is 5.85. The van der Waals surface area contributed by atoms with E-state index in [9.17, 15) is 5.26 Å². The molecule has 1 aliphatic heterocycles. The van der Waals surface area contributed by atoms with Gasteiger partial charge in [-0.05, 0) is 29.3 Å². The molecule has 0 spiro atoms. The standard InChI is InChI=1S/C25H20N4O2/c1-15-22-23(20(13-26)24(27)31-25(22)29-28-15)19-11-4-5-12-21(19)30-14-17-9-6-8-16-7-2-3-10-18(16)17/h2-12,23H,14,27H2,1H3,(H,28,29)/t23-/m1/s1. The quantitative estimate of drug-likeness (QED) is 0.511. The molecular formula is C25H20N4O2. The minimum Gasteiger partial charge on any atom is -0.489 e. The molecule has 0 fully saturated rings. The van der Waals surface area contributed by atoms with E-state index in [1.807, 2.05) is 49.4 Å². The van der Waals surface area contributed by atoms with Gasteiger partial charge in [0.2, 0.25) is 11.8 Å². The van der Waals surface area contributed by atoms with Crippen LogP contribution in [0, 0.1) is 18.3 Å². The van der Waals surface area contributed by atoms with Crippen LogP contribution in [0.1, 0.15) is 28.3 Å². The minimum absolute atomic E-state index is 0.0651. The van der Waals surface area contributed by atoms with Crippen molar-refractivity contribution in [3.05, 3.63) is 101 Å². The molecule has 0 amide bonds. The van der Waals surface area contributed by atoms with Crippen LogP contribution in [0.3, 0.4) is 0 Å². The zero-order valence-corrected chi connectivity index (χ0v) is 16.9. The first-order valence-electron chi connectivity index (χ1n) is 9.98. The van der Waals surface area contributed by atoms with E-state index in [2.05, 4.69) is 40.5 Å². The van der Waals surface area contributed by atoms with Crippen molar-refractivity contribution >= 4 is 10.8 Å². The number of aromatic nitrogens is 2. The molecule has 3 N–H and O–H groups in total. The number of nitrogens with two attached hydrogens (primary N) is 1. The van der Waals surface area contributed by atoms with Crippen LogP contribution < -0.4 is 15.2 Å². The Bertz CT molecular complexity index is 1360. The van der Waals surface area contributed by atoms with Gasteiger partial charge in [-0.15, -0.1) is 5.10 Å². The minimum atomic E-state index is -0.420. The molecule has 6 heteroatoms. The van der Waals surface area contributed by atoms with E-state index in [-0.39, 0.29) is 5.88 Å². The van der Waals surface area contributed by atoms with E-state index in [1.165, 1.54) is 5.39 Å². The van der Waals surface area contributed by atoms with Crippen LogP contribution in [-0.2, 0) is 6.61 Å². The predicted molar refractivity (Wildman–Crippen MR) is 117 cm³/mol. The number of nitriles is 1. The largest absolute Gasteiger partial charge is 0.489 e. The number of fused-ring (bicyclic) bond motifs is 2. The summed E-state index contributed by atoms with van der Waals surface area (Å²) >= 11 is 0. The topological polar surface area (TPSA) is 97.0 Å². The Morgan fingerprint density at radius 3 is 2.74 bits per heavy atom. The smallest absolute Gasteiger partial charge is 0.244 e. The Morgan fingerprint density at radius 2 is 1.87 bits per heavy atom. The highest BCUT2D eigenvalue weighted by Crippen LogP contribution is 2.45. The van der Waals surface area contributed by atoms with E-state index < -0.39 is 5.92 Å². The van der Waals surface area contributed by atoms with Gasteiger partial charge in [0, 0.05) is 16.8 Å². The molecule has 3 aromatic carbocycles. The van der Waals surface area contributed by atoms with Gasteiger partial charge in [-0.25, -0.2) is 0 Å². The van der Waals surface area contributed by atoms with Crippen molar-refractivity contribution in [3.63, 3.8) is 0 Å². The third-order valence-electron chi connectivity index (χ3n) is 5.62. The third-order valence-corrected chi connectivity index (χ3v) is 5.62. The number of aryl methyl sites for hydroxylation is 1. The lowest BCUT2D eigenvalue weighted by Crippen LogP contribution is -2.21. The molecule has 0 radical (unpaired) electrons. The lowest BCUT2D eigenvalue weighted by molar-refractivity contribution is 0.303. The first-order chi connectivity index (χ1) is 15.2. The van der Waals surface area contributed by atoms with Gasteiger partial charge < -0.3 is 15.2 Å². The summed E-state index contributed by atoms with van der Waals surface area (Å²) in [7, 11) is 0. The summed E-state index contributed by atoms with van der Waals surface area (Å²) in [5, 5.41) is 19.3. The third kappa shape index (κ3) is 3.17. The highest BCUT2D eigenvalue weighted by Gasteiger charge is 2.35. The van der Waals surface area contributed by atoms with E-state index >= 15 is 0 Å². The molecule has 6 nitrogen and oxygen atoms in total. The molecule has 0 saturated carbocycles. The Balaban J connectivity index is 1.56. The molecule has 0 bridgehead atoms. The number of H-pyrrole nitrogens is 1. The Hall–Kier alpha value is -4.24. The second kappa shape index (κ2) is 7.54. The van der Waals surface area contributed by atoms with Gasteiger partial charge in [0.1, 0.15) is 24.0 Å². The molecule has 4 aromatic rings. The molecule has 0 aliphatic carbocycles.